The van der Waals surface area contributed by atoms with Gasteiger partial charge in [-0.1, -0.05) is 13.0 Å². The van der Waals surface area contributed by atoms with Crippen LogP contribution in [0.5, 0.6) is 0 Å². The highest BCUT2D eigenvalue weighted by Gasteiger charge is 2.35. The molecule has 0 saturated carbocycles. The first-order valence-corrected chi connectivity index (χ1v) is 15.5. The number of allylic oxidation sites excluding steroid dienone is 1. The Morgan fingerprint density at radius 3 is 2.53 bits per heavy atom. The molecule has 3 atom stereocenters. The van der Waals surface area contributed by atoms with Gasteiger partial charge >= 0.3 is 6.03 Å². The van der Waals surface area contributed by atoms with Gasteiger partial charge in [0.2, 0.25) is 5.91 Å². The highest BCUT2D eigenvalue weighted by atomic mass is 19.1. The maximum atomic E-state index is 14.5. The van der Waals surface area contributed by atoms with Crippen LogP contribution in [0.3, 0.4) is 0 Å². The molecule has 3 heterocycles. The highest BCUT2D eigenvalue weighted by molar-refractivity contribution is 6.00. The molecule has 43 heavy (non-hydrogen) atoms. The molecule has 232 valence electrons. The summed E-state index contributed by atoms with van der Waals surface area (Å²) in [6.07, 6.45) is 11.7. The number of hydrogen-bond donors (Lipinski definition) is 2. The zero-order valence-corrected chi connectivity index (χ0v) is 25.0. The maximum absolute atomic E-state index is 14.5. The van der Waals surface area contributed by atoms with E-state index in [1.165, 1.54) is 12.1 Å². The number of halogens is 1. The first-order valence-electron chi connectivity index (χ1n) is 15.5. The predicted molar refractivity (Wildman–Crippen MR) is 159 cm³/mol. The number of amides is 5. The third-order valence-electron chi connectivity index (χ3n) is 9.22. The number of carbonyl (C=O) groups is 4. The van der Waals surface area contributed by atoms with Crippen LogP contribution in [0, 0.1) is 11.7 Å². The summed E-state index contributed by atoms with van der Waals surface area (Å²) in [5.41, 5.74) is 0.150. The molecular weight excluding hydrogens is 553 g/mol. The van der Waals surface area contributed by atoms with E-state index in [1.54, 1.807) is 16.9 Å². The Morgan fingerprint density at radius 1 is 1.02 bits per heavy atom. The SMILES string of the molecule is CCC1CCCCN1C(=O)c1cc(F)cc(C(=O)NCC(=O)N2CCC(N3CCC4C=C(OC)C=CC4NC3=O)CC2)c1. The second-order valence-corrected chi connectivity index (χ2v) is 11.8. The topological polar surface area (TPSA) is 111 Å². The van der Waals surface area contributed by atoms with Crippen molar-refractivity contribution in [1.82, 2.24) is 25.3 Å². The molecule has 1 aliphatic carbocycles. The van der Waals surface area contributed by atoms with Crippen molar-refractivity contribution in [1.29, 1.82) is 0 Å². The van der Waals surface area contributed by atoms with Crippen molar-refractivity contribution in [3.63, 3.8) is 0 Å². The van der Waals surface area contributed by atoms with Gasteiger partial charge in [0, 0.05) is 55.3 Å². The van der Waals surface area contributed by atoms with Crippen molar-refractivity contribution >= 4 is 23.8 Å². The highest BCUT2D eigenvalue weighted by Crippen LogP contribution is 2.27. The maximum Gasteiger partial charge on any atom is 0.318 e. The van der Waals surface area contributed by atoms with Gasteiger partial charge in [-0.15, -0.1) is 0 Å². The number of likely N-dealkylation sites (tertiary alicyclic amines) is 2. The molecule has 5 rings (SSSR count). The molecule has 3 aliphatic heterocycles. The van der Waals surface area contributed by atoms with Crippen LogP contribution in [0.1, 0.15) is 72.6 Å². The van der Waals surface area contributed by atoms with Gasteiger partial charge in [0.15, 0.2) is 0 Å². The molecule has 11 heteroatoms. The van der Waals surface area contributed by atoms with Crippen molar-refractivity contribution < 1.29 is 28.3 Å². The lowest BCUT2D eigenvalue weighted by Gasteiger charge is -2.38. The Balaban J connectivity index is 1.12. The van der Waals surface area contributed by atoms with Crippen LogP contribution < -0.4 is 10.6 Å². The van der Waals surface area contributed by atoms with Gasteiger partial charge in [-0.25, -0.2) is 9.18 Å². The molecule has 10 nitrogen and oxygen atoms in total. The minimum absolute atomic E-state index is 0.00923. The van der Waals surface area contributed by atoms with E-state index in [1.807, 2.05) is 24.0 Å². The number of methoxy groups -OCH3 is 1. The average Bonchev–Trinajstić information content (AvgIpc) is 3.20. The molecule has 3 unspecified atom stereocenters. The fourth-order valence-corrected chi connectivity index (χ4v) is 6.73. The molecule has 5 amide bonds. The zero-order valence-electron chi connectivity index (χ0n) is 25.0. The van der Waals surface area contributed by atoms with E-state index in [2.05, 4.69) is 16.7 Å². The Morgan fingerprint density at radius 2 is 1.79 bits per heavy atom. The molecule has 2 N–H and O–H groups in total. The summed E-state index contributed by atoms with van der Waals surface area (Å²) in [4.78, 5) is 57.4. The number of ether oxygens (including phenoxy) is 1. The Labute approximate surface area is 252 Å². The van der Waals surface area contributed by atoms with Crippen molar-refractivity contribution in [3.8, 4) is 0 Å². The molecule has 0 aromatic heterocycles. The standard InChI is InChI=1S/C32H42FN5O5/c1-3-25-6-4-5-12-37(25)31(41)23-16-22(17-24(33)18-23)30(40)34-20-29(39)36-13-10-26(11-14-36)38-15-9-21-19-27(43-2)7-8-28(21)35-32(38)42/h7-8,16-19,21,25-26,28H,3-6,9-15,20H2,1-2H3,(H,34,40)(H,35,42). The normalized spacial score (nSPS) is 24.4. The molecule has 1 aromatic carbocycles. The van der Waals surface area contributed by atoms with Crippen LogP contribution in [0.4, 0.5) is 9.18 Å². The van der Waals surface area contributed by atoms with Crippen LogP contribution in [0.2, 0.25) is 0 Å². The number of hydrogen-bond acceptors (Lipinski definition) is 5. The predicted octanol–water partition coefficient (Wildman–Crippen LogP) is 3.45. The van der Waals surface area contributed by atoms with Gasteiger partial charge in [-0.3, -0.25) is 14.4 Å². The summed E-state index contributed by atoms with van der Waals surface area (Å²) in [5.74, 6) is -0.820. The van der Waals surface area contributed by atoms with E-state index in [-0.39, 0.29) is 59.6 Å². The lowest BCUT2D eigenvalue weighted by atomic mass is 9.91. The van der Waals surface area contributed by atoms with Gasteiger partial charge in [0.25, 0.3) is 11.8 Å². The fraction of sp³-hybridized carbons (Fsp3) is 0.562. The number of rotatable bonds is 7. The number of carbonyl (C=O) groups excluding carboxylic acids is 4. The third-order valence-corrected chi connectivity index (χ3v) is 9.22. The van der Waals surface area contributed by atoms with Crippen molar-refractivity contribution in [2.75, 3.05) is 39.8 Å². The van der Waals surface area contributed by atoms with Crippen molar-refractivity contribution in [2.24, 2.45) is 5.92 Å². The van der Waals surface area contributed by atoms with Crippen LogP contribution in [0.25, 0.3) is 0 Å². The van der Waals surface area contributed by atoms with Crippen LogP contribution >= 0.6 is 0 Å². The van der Waals surface area contributed by atoms with Gasteiger partial charge in [0.05, 0.1) is 19.7 Å². The number of urea groups is 1. The van der Waals surface area contributed by atoms with Gasteiger partial charge in [0.1, 0.15) is 11.6 Å². The molecule has 0 radical (unpaired) electrons. The number of benzene rings is 1. The van der Waals surface area contributed by atoms with E-state index >= 15 is 0 Å². The molecule has 1 aromatic rings. The van der Waals surface area contributed by atoms with E-state index < -0.39 is 11.7 Å². The molecular formula is C32H42FN5O5. The Bertz CT molecular complexity index is 1290. The summed E-state index contributed by atoms with van der Waals surface area (Å²) in [7, 11) is 1.64. The van der Waals surface area contributed by atoms with Crippen molar-refractivity contribution in [3.05, 3.63) is 59.1 Å². The smallest absolute Gasteiger partial charge is 0.318 e. The van der Waals surface area contributed by atoms with E-state index in [9.17, 15) is 23.6 Å². The number of nitrogens with one attached hydrogen (secondary N) is 2. The lowest BCUT2D eigenvalue weighted by molar-refractivity contribution is -0.131. The minimum Gasteiger partial charge on any atom is -0.497 e. The average molecular weight is 596 g/mol. The third kappa shape index (κ3) is 7.02. The largest absolute Gasteiger partial charge is 0.497 e. The summed E-state index contributed by atoms with van der Waals surface area (Å²) < 4.78 is 19.8. The monoisotopic (exact) mass is 595 g/mol. The summed E-state index contributed by atoms with van der Waals surface area (Å²) in [5, 5.41) is 5.71. The van der Waals surface area contributed by atoms with Crippen LogP contribution in [-0.2, 0) is 9.53 Å². The van der Waals surface area contributed by atoms with E-state index in [0.29, 0.717) is 39.0 Å². The van der Waals surface area contributed by atoms with Gasteiger partial charge in [-0.2, -0.15) is 0 Å². The Kier molecular flexibility index (Phi) is 9.67. The van der Waals surface area contributed by atoms with Gasteiger partial charge in [-0.05, 0) is 75.3 Å². The van der Waals surface area contributed by atoms with Crippen LogP contribution in [0.15, 0.2) is 42.2 Å². The number of fused-ring (bicyclic) bond motifs is 1. The Hall–Kier alpha value is -3.89. The summed E-state index contributed by atoms with van der Waals surface area (Å²) >= 11 is 0. The van der Waals surface area contributed by atoms with E-state index in [4.69, 9.17) is 4.74 Å². The second-order valence-electron chi connectivity index (χ2n) is 11.8. The van der Waals surface area contributed by atoms with Crippen molar-refractivity contribution in [2.45, 2.75) is 70.0 Å². The number of piperidine rings is 2. The molecule has 3 fully saturated rings. The van der Waals surface area contributed by atoms with Crippen LogP contribution in [-0.4, -0.2) is 96.4 Å². The quantitative estimate of drug-likeness (QED) is 0.502. The first-order chi connectivity index (χ1) is 20.8. The first kappa shape index (κ1) is 30.6. The molecule has 0 spiro atoms. The van der Waals surface area contributed by atoms with E-state index in [0.717, 1.165) is 43.9 Å². The summed E-state index contributed by atoms with van der Waals surface area (Å²) in [6.45, 7) is 3.98. The number of nitrogens with zero attached hydrogens (tertiary/aromatic N) is 3. The summed E-state index contributed by atoms with van der Waals surface area (Å²) in [6, 6.07) is 3.62. The zero-order chi connectivity index (χ0) is 30.5. The van der Waals surface area contributed by atoms with Gasteiger partial charge < -0.3 is 30.1 Å². The second kappa shape index (κ2) is 13.6. The lowest BCUT2D eigenvalue weighted by Crippen LogP contribution is -2.53. The fourth-order valence-electron chi connectivity index (χ4n) is 6.73. The molecule has 4 aliphatic rings. The molecule has 0 bridgehead atoms. The minimum atomic E-state index is -0.669. The molecule has 3 saturated heterocycles.